The molecule has 6 aromatic carbocycles. The maximum Gasteiger partial charge on any atom is 4.00 e. The second kappa shape index (κ2) is 20.8. The minimum Gasteiger partial charge on any atom is -0.199 e. The van der Waals surface area contributed by atoms with Gasteiger partial charge in [-0.3, -0.25) is 0 Å². The van der Waals surface area contributed by atoms with Crippen LogP contribution in [0.4, 0.5) is 0 Å². The number of fused-ring (bicyclic) bond motifs is 2. The van der Waals surface area contributed by atoms with Gasteiger partial charge in [-0.1, -0.05) is 64.0 Å². The molecule has 0 heterocycles. The van der Waals surface area contributed by atoms with E-state index in [0.29, 0.717) is 0 Å². The van der Waals surface area contributed by atoms with Crippen LogP contribution in [0.5, 0.6) is 0 Å². The van der Waals surface area contributed by atoms with Gasteiger partial charge in [0.15, 0.2) is 0 Å². The van der Waals surface area contributed by atoms with Crippen molar-refractivity contribution in [3.63, 3.8) is 0 Å². The standard InChI is InChI=1S/2C10H9.2C7H7.C4H10Si.Zr/c2*1-8-6-9-4-2-3-5-10(9)7-8;2*1-7-5-3-2-4-6-7;1-3-5-4-2;/h2*2-7H,1H3;2*2-6H,1H2;3-4H2,1-2H3;/q4*-1;;+4. The molecule has 202 valence electrons. The first-order chi connectivity index (χ1) is 18.9. The minimum atomic E-state index is 0. The van der Waals surface area contributed by atoms with E-state index in [0.717, 1.165) is 11.1 Å². The van der Waals surface area contributed by atoms with Crippen LogP contribution in [0, 0.1) is 27.7 Å². The molecular weight excluding hydrogens is 576 g/mol. The van der Waals surface area contributed by atoms with Crippen molar-refractivity contribution in [2.45, 2.75) is 39.8 Å². The van der Waals surface area contributed by atoms with E-state index in [9.17, 15) is 0 Å². The molecule has 0 bridgehead atoms. The van der Waals surface area contributed by atoms with Crippen LogP contribution in [-0.4, -0.2) is 9.52 Å². The Morgan fingerprint density at radius 2 is 0.850 bits per heavy atom. The van der Waals surface area contributed by atoms with Crippen molar-refractivity contribution in [2.24, 2.45) is 0 Å². The zero-order valence-corrected chi connectivity index (χ0v) is 28.0. The van der Waals surface area contributed by atoms with Crippen molar-refractivity contribution in [3.8, 4) is 0 Å². The molecule has 0 fully saturated rings. The first-order valence-corrected chi connectivity index (χ1v) is 15.0. The molecule has 0 aliphatic rings. The van der Waals surface area contributed by atoms with E-state index < -0.39 is 0 Å². The Labute approximate surface area is 265 Å². The molecule has 0 nitrogen and oxygen atoms in total. The molecular formula is C38H42SiZr. The van der Waals surface area contributed by atoms with E-state index in [-0.39, 0.29) is 26.2 Å². The molecule has 40 heavy (non-hydrogen) atoms. The first-order valence-electron chi connectivity index (χ1n) is 13.6. The molecule has 2 radical (unpaired) electrons. The normalized spacial score (nSPS) is 9.30. The fourth-order valence-corrected chi connectivity index (χ4v) is 4.32. The Balaban J connectivity index is 0.000000254. The zero-order valence-electron chi connectivity index (χ0n) is 24.5. The molecule has 0 saturated heterocycles. The fraction of sp³-hybridized carbons (Fsp3) is 0.158. The van der Waals surface area contributed by atoms with Crippen molar-refractivity contribution in [1.29, 1.82) is 0 Å². The quantitative estimate of drug-likeness (QED) is 0.134. The van der Waals surface area contributed by atoms with E-state index in [1.807, 2.05) is 60.7 Å². The van der Waals surface area contributed by atoms with Crippen LogP contribution in [0.1, 0.15) is 36.1 Å². The van der Waals surface area contributed by atoms with Gasteiger partial charge in [-0.05, 0) is 0 Å². The smallest absolute Gasteiger partial charge is 0.199 e. The van der Waals surface area contributed by atoms with Crippen molar-refractivity contribution >= 4 is 31.1 Å². The monoisotopic (exact) mass is 616 g/mol. The van der Waals surface area contributed by atoms with Gasteiger partial charge in [-0.25, -0.2) is 0 Å². The maximum absolute atomic E-state index is 3.72. The van der Waals surface area contributed by atoms with Crippen LogP contribution in [0.15, 0.2) is 133 Å². The predicted molar refractivity (Wildman–Crippen MR) is 177 cm³/mol. The second-order valence-electron chi connectivity index (χ2n) is 9.25. The van der Waals surface area contributed by atoms with Gasteiger partial charge >= 0.3 is 26.2 Å². The van der Waals surface area contributed by atoms with Gasteiger partial charge < -0.3 is 0 Å². The van der Waals surface area contributed by atoms with Crippen LogP contribution < -0.4 is 0 Å². The van der Waals surface area contributed by atoms with E-state index in [1.165, 1.54) is 54.3 Å². The van der Waals surface area contributed by atoms with Crippen LogP contribution in [0.3, 0.4) is 0 Å². The minimum absolute atomic E-state index is 0. The van der Waals surface area contributed by atoms with Gasteiger partial charge in [-0.2, -0.15) is 61.4 Å². The molecule has 6 aromatic rings. The number of rotatable bonds is 2. The third-order valence-corrected chi connectivity index (χ3v) is 6.71. The molecule has 6 rings (SSSR count). The Bertz CT molecular complexity index is 1250. The fourth-order valence-electron chi connectivity index (χ4n) is 3.82. The van der Waals surface area contributed by atoms with Crippen molar-refractivity contribution in [3.05, 3.63) is 170 Å². The van der Waals surface area contributed by atoms with Crippen LogP contribution in [0.2, 0.25) is 12.1 Å². The summed E-state index contributed by atoms with van der Waals surface area (Å²) in [4.78, 5) is 0. The summed E-state index contributed by atoms with van der Waals surface area (Å²) in [6.07, 6.45) is 0. The third-order valence-electron chi connectivity index (χ3n) is 5.71. The van der Waals surface area contributed by atoms with E-state index in [1.54, 1.807) is 0 Å². The molecule has 0 aliphatic carbocycles. The summed E-state index contributed by atoms with van der Waals surface area (Å²) in [5.41, 5.74) is 4.84. The molecule has 0 unspecified atom stereocenters. The summed E-state index contributed by atoms with van der Waals surface area (Å²) in [7, 11) is 1.20. The average Bonchev–Trinajstić information content (AvgIpc) is 3.52. The number of aryl methyl sites for hydroxylation is 2. The van der Waals surface area contributed by atoms with Gasteiger partial charge in [-0.15, -0.1) is 105 Å². The Morgan fingerprint density at radius 1 is 0.525 bits per heavy atom. The van der Waals surface area contributed by atoms with E-state index in [4.69, 9.17) is 0 Å². The van der Waals surface area contributed by atoms with Gasteiger partial charge in [0.1, 0.15) is 0 Å². The van der Waals surface area contributed by atoms with Crippen LogP contribution in [0.25, 0.3) is 21.5 Å². The van der Waals surface area contributed by atoms with Crippen LogP contribution >= 0.6 is 0 Å². The van der Waals surface area contributed by atoms with Crippen molar-refractivity contribution in [2.75, 3.05) is 0 Å². The first kappa shape index (κ1) is 35.0. The van der Waals surface area contributed by atoms with E-state index in [2.05, 4.69) is 114 Å². The summed E-state index contributed by atoms with van der Waals surface area (Å²) in [5, 5.41) is 5.39. The van der Waals surface area contributed by atoms with Gasteiger partial charge in [0.05, 0.1) is 0 Å². The van der Waals surface area contributed by atoms with E-state index >= 15 is 0 Å². The maximum atomic E-state index is 3.72. The summed E-state index contributed by atoms with van der Waals surface area (Å²) < 4.78 is 0. The largest absolute Gasteiger partial charge is 4.00 e. The second-order valence-corrected chi connectivity index (χ2v) is 11.2. The van der Waals surface area contributed by atoms with Gasteiger partial charge in [0.25, 0.3) is 0 Å². The molecule has 0 saturated carbocycles. The Hall–Kier alpha value is -3.06. The third kappa shape index (κ3) is 14.4. The molecule has 0 aliphatic heterocycles. The zero-order chi connectivity index (χ0) is 28.3. The summed E-state index contributed by atoms with van der Waals surface area (Å²) in [6, 6.07) is 48.2. The molecule has 0 aromatic heterocycles. The average molecular weight is 618 g/mol. The number of hydrogen-bond acceptors (Lipinski definition) is 0. The predicted octanol–water partition coefficient (Wildman–Crippen LogP) is 11.0. The van der Waals surface area contributed by atoms with Gasteiger partial charge in [0, 0.05) is 9.52 Å². The summed E-state index contributed by atoms with van der Waals surface area (Å²) in [6.45, 7) is 16.1. The summed E-state index contributed by atoms with van der Waals surface area (Å²) >= 11 is 0. The Morgan fingerprint density at radius 3 is 1.10 bits per heavy atom. The van der Waals surface area contributed by atoms with Crippen molar-refractivity contribution < 1.29 is 26.2 Å². The van der Waals surface area contributed by atoms with Gasteiger partial charge in [0.2, 0.25) is 0 Å². The topological polar surface area (TPSA) is 0 Å². The molecule has 0 spiro atoms. The number of benzene rings is 4. The Kier molecular flexibility index (Phi) is 18.2. The van der Waals surface area contributed by atoms with Crippen molar-refractivity contribution in [1.82, 2.24) is 0 Å². The summed E-state index contributed by atoms with van der Waals surface area (Å²) in [5.74, 6) is 0. The molecule has 0 N–H and O–H groups in total. The number of hydrogen-bond donors (Lipinski definition) is 0. The molecule has 0 amide bonds. The molecule has 0 atom stereocenters. The SMILES string of the molecule is CC[Si]CC.Cc1cc2ccccc2[cH-]1.Cc1cc2ccccc2[cH-]1.[CH2-]c1ccccc1.[CH2-]c1ccccc1.[Zr+4]. The van der Waals surface area contributed by atoms with Crippen LogP contribution in [-0.2, 0) is 26.2 Å². The molecule has 2 heteroatoms.